The van der Waals surface area contributed by atoms with Crippen molar-refractivity contribution in [3.63, 3.8) is 0 Å². The molecule has 1 aliphatic rings. The van der Waals surface area contributed by atoms with Crippen LogP contribution in [0.2, 0.25) is 0 Å². The number of piperidine rings is 1. The minimum Gasteiger partial charge on any atom is -0.480 e. The number of hydrogen-bond acceptors (Lipinski definition) is 5. The van der Waals surface area contributed by atoms with Gasteiger partial charge in [0.05, 0.1) is 12.0 Å². The van der Waals surface area contributed by atoms with Crippen LogP contribution in [0.3, 0.4) is 0 Å². The summed E-state index contributed by atoms with van der Waals surface area (Å²) in [5, 5.41) is 13.2. The Kier molecular flexibility index (Phi) is 5.03. The van der Waals surface area contributed by atoms with Crippen LogP contribution in [-0.4, -0.2) is 33.7 Å². The molecule has 1 fully saturated rings. The minimum atomic E-state index is -0.764. The third-order valence-corrected chi connectivity index (χ3v) is 3.59. The number of rotatable bonds is 4. The Morgan fingerprint density at radius 1 is 1.43 bits per heavy atom. The van der Waals surface area contributed by atoms with E-state index in [-0.39, 0.29) is 12.4 Å². The predicted molar refractivity (Wildman–Crippen MR) is 77.1 cm³/mol. The molecule has 2 aromatic rings. The number of carbonyl (C=O) groups is 1. The molecule has 1 unspecified atom stereocenters. The van der Waals surface area contributed by atoms with Gasteiger partial charge in [0.1, 0.15) is 6.04 Å². The average molecular weight is 313 g/mol. The second-order valence-electron chi connectivity index (χ2n) is 4.98. The number of carboxylic acid groups (broad SMARTS) is 1. The van der Waals surface area contributed by atoms with Crippen LogP contribution in [-0.2, 0) is 11.3 Å². The van der Waals surface area contributed by atoms with Gasteiger partial charge in [-0.1, -0.05) is 11.6 Å². The smallest absolute Gasteiger partial charge is 0.320 e. The summed E-state index contributed by atoms with van der Waals surface area (Å²) in [5.41, 5.74) is 0.726. The van der Waals surface area contributed by atoms with E-state index in [0.717, 1.165) is 25.1 Å². The van der Waals surface area contributed by atoms with Crippen LogP contribution in [0.4, 0.5) is 0 Å². The standard InChI is InChI=1S/C14H16N2O4.ClH/c17-14(18)11-4-1-2-6-16(11)9-10-8-13(20-15-10)12-5-3-7-19-12;/h3,5,7-8,11H,1-2,4,6,9H2,(H,17,18);1H. The molecule has 0 saturated carbocycles. The number of likely N-dealkylation sites (tertiary alicyclic amines) is 1. The first-order valence-electron chi connectivity index (χ1n) is 6.70. The molecule has 0 aromatic carbocycles. The lowest BCUT2D eigenvalue weighted by molar-refractivity contribution is -0.144. The maximum Gasteiger partial charge on any atom is 0.320 e. The van der Waals surface area contributed by atoms with Crippen molar-refractivity contribution < 1.29 is 18.8 Å². The molecule has 1 saturated heterocycles. The van der Waals surface area contributed by atoms with Crippen LogP contribution in [0.5, 0.6) is 0 Å². The number of aromatic nitrogens is 1. The van der Waals surface area contributed by atoms with E-state index >= 15 is 0 Å². The van der Waals surface area contributed by atoms with Crippen LogP contribution in [0.1, 0.15) is 25.0 Å². The Morgan fingerprint density at radius 2 is 2.29 bits per heavy atom. The lowest BCUT2D eigenvalue weighted by Gasteiger charge is -2.31. The number of furan rings is 1. The van der Waals surface area contributed by atoms with E-state index in [2.05, 4.69) is 5.16 Å². The third kappa shape index (κ3) is 3.46. The summed E-state index contributed by atoms with van der Waals surface area (Å²) in [6.07, 6.45) is 4.25. The van der Waals surface area contributed by atoms with Gasteiger partial charge in [-0.2, -0.15) is 0 Å². The second-order valence-corrected chi connectivity index (χ2v) is 4.98. The molecule has 0 radical (unpaired) electrons. The van der Waals surface area contributed by atoms with Gasteiger partial charge in [-0.05, 0) is 31.5 Å². The normalized spacial score (nSPS) is 19.1. The molecule has 7 heteroatoms. The maximum absolute atomic E-state index is 11.2. The van der Waals surface area contributed by atoms with Crippen molar-refractivity contribution in [2.75, 3.05) is 6.54 Å². The Morgan fingerprint density at radius 3 is 3.00 bits per heavy atom. The van der Waals surface area contributed by atoms with E-state index in [1.165, 1.54) is 0 Å². The summed E-state index contributed by atoms with van der Waals surface area (Å²) >= 11 is 0. The summed E-state index contributed by atoms with van der Waals surface area (Å²) in [7, 11) is 0. The van der Waals surface area contributed by atoms with Crippen LogP contribution in [0.25, 0.3) is 11.5 Å². The zero-order chi connectivity index (χ0) is 13.9. The zero-order valence-corrected chi connectivity index (χ0v) is 12.2. The van der Waals surface area contributed by atoms with Gasteiger partial charge in [0, 0.05) is 12.6 Å². The highest BCUT2D eigenvalue weighted by Crippen LogP contribution is 2.23. The highest BCUT2D eigenvalue weighted by molar-refractivity contribution is 5.85. The highest BCUT2D eigenvalue weighted by Gasteiger charge is 2.29. The topological polar surface area (TPSA) is 79.7 Å². The van der Waals surface area contributed by atoms with Gasteiger partial charge in [-0.15, -0.1) is 12.4 Å². The van der Waals surface area contributed by atoms with Crippen molar-refractivity contribution in [3.8, 4) is 11.5 Å². The zero-order valence-electron chi connectivity index (χ0n) is 11.4. The molecule has 0 aliphatic carbocycles. The molecular formula is C14H17ClN2O4. The van der Waals surface area contributed by atoms with E-state index in [1.54, 1.807) is 24.5 Å². The molecule has 3 heterocycles. The first-order chi connectivity index (χ1) is 9.74. The van der Waals surface area contributed by atoms with Crippen LogP contribution in [0, 0.1) is 0 Å². The molecule has 1 N–H and O–H groups in total. The largest absolute Gasteiger partial charge is 0.480 e. The summed E-state index contributed by atoms with van der Waals surface area (Å²) < 4.78 is 10.5. The van der Waals surface area contributed by atoms with Crippen molar-refractivity contribution in [3.05, 3.63) is 30.2 Å². The van der Waals surface area contributed by atoms with E-state index in [4.69, 9.17) is 8.94 Å². The van der Waals surface area contributed by atoms with Crippen molar-refractivity contribution >= 4 is 18.4 Å². The quantitative estimate of drug-likeness (QED) is 0.935. The van der Waals surface area contributed by atoms with Crippen molar-refractivity contribution in [2.45, 2.75) is 31.8 Å². The number of aliphatic carboxylic acids is 1. The Bertz CT molecular complexity index is 582. The van der Waals surface area contributed by atoms with Gasteiger partial charge in [-0.3, -0.25) is 9.69 Å². The predicted octanol–water partition coefficient (Wildman–Crippen LogP) is 2.80. The van der Waals surface area contributed by atoms with Crippen molar-refractivity contribution in [1.29, 1.82) is 0 Å². The van der Waals surface area contributed by atoms with E-state index in [1.807, 2.05) is 4.90 Å². The molecule has 2 aromatic heterocycles. The molecule has 3 rings (SSSR count). The summed E-state index contributed by atoms with van der Waals surface area (Å²) in [5.74, 6) is 0.422. The van der Waals surface area contributed by atoms with Gasteiger partial charge in [0.25, 0.3) is 0 Å². The Labute approximate surface area is 128 Å². The van der Waals surface area contributed by atoms with Gasteiger partial charge < -0.3 is 14.0 Å². The maximum atomic E-state index is 11.2. The van der Waals surface area contributed by atoms with Crippen molar-refractivity contribution in [1.82, 2.24) is 10.1 Å². The Hall–Kier alpha value is -1.79. The highest BCUT2D eigenvalue weighted by atomic mass is 35.5. The molecule has 0 amide bonds. The monoisotopic (exact) mass is 312 g/mol. The Balaban J connectivity index is 0.00000161. The molecule has 114 valence electrons. The molecule has 1 aliphatic heterocycles. The van der Waals surface area contributed by atoms with E-state index in [0.29, 0.717) is 24.5 Å². The third-order valence-electron chi connectivity index (χ3n) is 3.59. The fourth-order valence-electron chi connectivity index (χ4n) is 2.59. The second kappa shape index (κ2) is 6.78. The van der Waals surface area contributed by atoms with Gasteiger partial charge in [0.2, 0.25) is 5.76 Å². The molecular weight excluding hydrogens is 296 g/mol. The van der Waals surface area contributed by atoms with Gasteiger partial charge in [-0.25, -0.2) is 0 Å². The van der Waals surface area contributed by atoms with Gasteiger partial charge >= 0.3 is 5.97 Å². The first kappa shape index (κ1) is 15.6. The number of halogens is 1. The molecule has 21 heavy (non-hydrogen) atoms. The van der Waals surface area contributed by atoms with Crippen LogP contribution < -0.4 is 0 Å². The minimum absolute atomic E-state index is 0. The van der Waals surface area contributed by atoms with Crippen LogP contribution in [0.15, 0.2) is 33.4 Å². The van der Waals surface area contributed by atoms with Crippen molar-refractivity contribution in [2.24, 2.45) is 0 Å². The number of carboxylic acids is 1. The summed E-state index contributed by atoms with van der Waals surface area (Å²) in [6.45, 7) is 1.26. The summed E-state index contributed by atoms with van der Waals surface area (Å²) in [4.78, 5) is 13.2. The summed E-state index contributed by atoms with van der Waals surface area (Å²) in [6, 6.07) is 4.95. The molecule has 6 nitrogen and oxygen atoms in total. The van der Waals surface area contributed by atoms with Crippen LogP contribution >= 0.6 is 12.4 Å². The van der Waals surface area contributed by atoms with E-state index in [9.17, 15) is 9.90 Å². The SMILES string of the molecule is Cl.O=C(O)C1CCCCN1Cc1cc(-c2ccco2)on1. The first-order valence-corrected chi connectivity index (χ1v) is 6.70. The lowest BCUT2D eigenvalue weighted by atomic mass is 10.0. The average Bonchev–Trinajstić information content (AvgIpc) is 3.09. The molecule has 0 spiro atoms. The molecule has 1 atom stereocenters. The fraction of sp³-hybridized carbons (Fsp3) is 0.429. The molecule has 0 bridgehead atoms. The number of hydrogen-bond donors (Lipinski definition) is 1. The lowest BCUT2D eigenvalue weighted by Crippen LogP contribution is -2.44. The number of nitrogens with zero attached hydrogens (tertiary/aromatic N) is 2. The van der Waals surface area contributed by atoms with E-state index < -0.39 is 12.0 Å². The fourth-order valence-corrected chi connectivity index (χ4v) is 2.59. The van der Waals surface area contributed by atoms with Gasteiger partial charge in [0.15, 0.2) is 5.76 Å².